The van der Waals surface area contributed by atoms with Crippen molar-refractivity contribution in [1.29, 1.82) is 0 Å². The SMILES string of the molecule is Cc1cc(=O)c(C(=O)Nc2cccnc2OC(C)C)c[nH]1. The van der Waals surface area contributed by atoms with E-state index in [9.17, 15) is 9.59 Å². The molecule has 2 aromatic heterocycles. The van der Waals surface area contributed by atoms with E-state index in [0.29, 0.717) is 17.3 Å². The predicted octanol–water partition coefficient (Wildman–Crippen LogP) is 2.12. The standard InChI is InChI=1S/C15H17N3O3/c1-9(2)21-15-12(5-4-6-16-15)18-14(20)11-8-17-10(3)7-13(11)19/h4-9H,1-3H3,(H,17,19)(H,18,20). The van der Waals surface area contributed by atoms with Crippen molar-refractivity contribution in [2.45, 2.75) is 26.9 Å². The Morgan fingerprint density at radius 1 is 1.43 bits per heavy atom. The number of hydrogen-bond donors (Lipinski definition) is 2. The van der Waals surface area contributed by atoms with Gasteiger partial charge in [0.15, 0.2) is 5.43 Å². The van der Waals surface area contributed by atoms with Gasteiger partial charge in [0.2, 0.25) is 5.88 Å². The molecule has 0 aliphatic heterocycles. The van der Waals surface area contributed by atoms with Crippen LogP contribution in [0.3, 0.4) is 0 Å². The number of anilines is 1. The number of carbonyl (C=O) groups is 1. The van der Waals surface area contributed by atoms with Gasteiger partial charge in [-0.15, -0.1) is 0 Å². The molecule has 2 aromatic rings. The Hall–Kier alpha value is -2.63. The molecular weight excluding hydrogens is 270 g/mol. The average molecular weight is 287 g/mol. The lowest BCUT2D eigenvalue weighted by Gasteiger charge is -2.13. The summed E-state index contributed by atoms with van der Waals surface area (Å²) in [5, 5.41) is 2.65. The lowest BCUT2D eigenvalue weighted by atomic mass is 10.2. The normalized spacial score (nSPS) is 10.5. The zero-order chi connectivity index (χ0) is 15.4. The minimum absolute atomic E-state index is 0.0416. The largest absolute Gasteiger partial charge is 0.473 e. The van der Waals surface area contributed by atoms with Gasteiger partial charge in [-0.1, -0.05) is 0 Å². The smallest absolute Gasteiger partial charge is 0.261 e. The highest BCUT2D eigenvalue weighted by molar-refractivity contribution is 6.04. The number of ether oxygens (including phenoxy) is 1. The van der Waals surface area contributed by atoms with Crippen LogP contribution in [0.5, 0.6) is 5.88 Å². The number of H-pyrrole nitrogens is 1. The Bertz CT molecular complexity index is 707. The molecule has 0 spiro atoms. The molecule has 21 heavy (non-hydrogen) atoms. The number of nitrogens with zero attached hydrogens (tertiary/aromatic N) is 1. The topological polar surface area (TPSA) is 84.1 Å². The number of hydrogen-bond acceptors (Lipinski definition) is 4. The molecule has 0 saturated carbocycles. The summed E-state index contributed by atoms with van der Waals surface area (Å²) >= 11 is 0. The van der Waals surface area contributed by atoms with Crippen molar-refractivity contribution in [2.24, 2.45) is 0 Å². The number of pyridine rings is 2. The molecule has 0 aliphatic carbocycles. The summed E-state index contributed by atoms with van der Waals surface area (Å²) in [7, 11) is 0. The first kappa shape index (κ1) is 14.8. The number of aromatic amines is 1. The molecule has 2 heterocycles. The fourth-order valence-corrected chi connectivity index (χ4v) is 1.74. The van der Waals surface area contributed by atoms with Gasteiger partial charge in [-0.05, 0) is 32.9 Å². The molecule has 2 N–H and O–H groups in total. The van der Waals surface area contributed by atoms with Crippen LogP contribution < -0.4 is 15.5 Å². The number of aryl methyl sites for hydroxylation is 1. The molecule has 2 rings (SSSR count). The van der Waals surface area contributed by atoms with E-state index in [2.05, 4.69) is 15.3 Å². The van der Waals surface area contributed by atoms with Gasteiger partial charge in [0.05, 0.1) is 6.10 Å². The van der Waals surface area contributed by atoms with E-state index in [4.69, 9.17) is 4.74 Å². The lowest BCUT2D eigenvalue weighted by molar-refractivity contribution is 0.102. The van der Waals surface area contributed by atoms with E-state index < -0.39 is 5.91 Å². The molecule has 6 heteroatoms. The zero-order valence-corrected chi connectivity index (χ0v) is 12.1. The van der Waals surface area contributed by atoms with E-state index in [1.807, 2.05) is 13.8 Å². The van der Waals surface area contributed by atoms with Gasteiger partial charge >= 0.3 is 0 Å². The van der Waals surface area contributed by atoms with E-state index in [1.165, 1.54) is 12.3 Å². The van der Waals surface area contributed by atoms with Crippen molar-refractivity contribution in [2.75, 3.05) is 5.32 Å². The second kappa shape index (κ2) is 6.21. The van der Waals surface area contributed by atoms with Crippen LogP contribution in [0, 0.1) is 6.92 Å². The van der Waals surface area contributed by atoms with Crippen molar-refractivity contribution in [1.82, 2.24) is 9.97 Å². The van der Waals surface area contributed by atoms with Crippen LogP contribution in [-0.2, 0) is 0 Å². The molecule has 110 valence electrons. The van der Waals surface area contributed by atoms with Crippen LogP contribution in [0.15, 0.2) is 35.4 Å². The van der Waals surface area contributed by atoms with Gasteiger partial charge in [-0.25, -0.2) is 4.98 Å². The minimum atomic E-state index is -0.502. The first-order valence-electron chi connectivity index (χ1n) is 6.59. The summed E-state index contributed by atoms with van der Waals surface area (Å²) in [4.78, 5) is 30.9. The molecule has 1 amide bonds. The molecule has 0 unspecified atom stereocenters. The Kier molecular flexibility index (Phi) is 4.37. The predicted molar refractivity (Wildman–Crippen MR) is 79.8 cm³/mol. The Labute approximate surface area is 122 Å². The van der Waals surface area contributed by atoms with Gasteiger partial charge in [-0.3, -0.25) is 9.59 Å². The zero-order valence-electron chi connectivity index (χ0n) is 12.1. The van der Waals surface area contributed by atoms with E-state index >= 15 is 0 Å². The molecule has 0 aromatic carbocycles. The number of aromatic nitrogens is 2. The molecule has 6 nitrogen and oxygen atoms in total. The third kappa shape index (κ3) is 3.68. The van der Waals surface area contributed by atoms with Crippen LogP contribution >= 0.6 is 0 Å². The van der Waals surface area contributed by atoms with E-state index in [0.717, 1.165) is 0 Å². The summed E-state index contributed by atoms with van der Waals surface area (Å²) in [6, 6.07) is 4.73. The van der Waals surface area contributed by atoms with Crippen LogP contribution in [0.1, 0.15) is 29.9 Å². The number of carbonyl (C=O) groups excluding carboxylic acids is 1. The van der Waals surface area contributed by atoms with Crippen molar-refractivity contribution >= 4 is 11.6 Å². The average Bonchev–Trinajstić information content (AvgIpc) is 2.40. The van der Waals surface area contributed by atoms with Crippen LogP contribution in [-0.4, -0.2) is 22.0 Å². The molecule has 0 atom stereocenters. The number of nitrogens with one attached hydrogen (secondary N) is 2. The van der Waals surface area contributed by atoms with Gasteiger partial charge in [0.1, 0.15) is 11.3 Å². The fraction of sp³-hybridized carbons (Fsp3) is 0.267. The molecular formula is C15H17N3O3. The van der Waals surface area contributed by atoms with E-state index in [-0.39, 0.29) is 17.1 Å². The lowest BCUT2D eigenvalue weighted by Crippen LogP contribution is -2.22. The maximum Gasteiger partial charge on any atom is 0.261 e. The monoisotopic (exact) mass is 287 g/mol. The van der Waals surface area contributed by atoms with Crippen LogP contribution in [0.25, 0.3) is 0 Å². The highest BCUT2D eigenvalue weighted by atomic mass is 16.5. The highest BCUT2D eigenvalue weighted by Gasteiger charge is 2.14. The summed E-state index contributed by atoms with van der Waals surface area (Å²) < 4.78 is 5.52. The quantitative estimate of drug-likeness (QED) is 0.902. The van der Waals surface area contributed by atoms with Crippen molar-refractivity contribution in [3.05, 3.63) is 52.1 Å². The Morgan fingerprint density at radius 2 is 2.19 bits per heavy atom. The molecule has 0 bridgehead atoms. The van der Waals surface area contributed by atoms with Gasteiger partial charge in [-0.2, -0.15) is 0 Å². The molecule has 0 saturated heterocycles. The first-order chi connectivity index (χ1) is 9.97. The third-order valence-corrected chi connectivity index (χ3v) is 2.67. The fourth-order valence-electron chi connectivity index (χ4n) is 1.74. The van der Waals surface area contributed by atoms with Gasteiger partial charge in [0.25, 0.3) is 5.91 Å². The molecule has 0 fully saturated rings. The molecule has 0 radical (unpaired) electrons. The van der Waals surface area contributed by atoms with Gasteiger partial charge in [0, 0.05) is 24.2 Å². The second-order valence-electron chi connectivity index (χ2n) is 4.87. The van der Waals surface area contributed by atoms with E-state index in [1.54, 1.807) is 25.3 Å². The number of rotatable bonds is 4. The van der Waals surface area contributed by atoms with Crippen molar-refractivity contribution in [3.8, 4) is 5.88 Å². The Balaban J connectivity index is 2.25. The summed E-state index contributed by atoms with van der Waals surface area (Å²) in [5.41, 5.74) is 0.830. The summed E-state index contributed by atoms with van der Waals surface area (Å²) in [5.74, 6) is -0.178. The molecule has 0 aliphatic rings. The number of amides is 1. The first-order valence-corrected chi connectivity index (χ1v) is 6.59. The van der Waals surface area contributed by atoms with Crippen LogP contribution in [0.4, 0.5) is 5.69 Å². The minimum Gasteiger partial charge on any atom is -0.473 e. The van der Waals surface area contributed by atoms with Crippen molar-refractivity contribution < 1.29 is 9.53 Å². The summed E-state index contributed by atoms with van der Waals surface area (Å²) in [6.45, 7) is 5.48. The summed E-state index contributed by atoms with van der Waals surface area (Å²) in [6.07, 6.45) is 2.90. The van der Waals surface area contributed by atoms with Crippen LogP contribution in [0.2, 0.25) is 0 Å². The third-order valence-electron chi connectivity index (χ3n) is 2.67. The van der Waals surface area contributed by atoms with Gasteiger partial charge < -0.3 is 15.0 Å². The second-order valence-corrected chi connectivity index (χ2v) is 4.87. The maximum atomic E-state index is 12.2. The maximum absolute atomic E-state index is 12.2. The highest BCUT2D eigenvalue weighted by Crippen LogP contribution is 2.22. The van der Waals surface area contributed by atoms with Crippen molar-refractivity contribution in [3.63, 3.8) is 0 Å². The Morgan fingerprint density at radius 3 is 2.86 bits per heavy atom.